The summed E-state index contributed by atoms with van der Waals surface area (Å²) in [6, 6.07) is 1.15. The first-order chi connectivity index (χ1) is 9.10. The van der Waals surface area contributed by atoms with Crippen LogP contribution in [0.2, 0.25) is 5.02 Å². The van der Waals surface area contributed by atoms with Crippen LogP contribution in [0.1, 0.15) is 13.8 Å². The molecule has 106 valence electrons. The maximum atomic E-state index is 5.87. The first-order valence-corrected chi connectivity index (χ1v) is 7.25. The lowest BCUT2D eigenvalue weighted by Crippen LogP contribution is -2.56. The molecule has 0 bridgehead atoms. The van der Waals surface area contributed by atoms with Gasteiger partial charge in [0.1, 0.15) is 0 Å². The van der Waals surface area contributed by atoms with Gasteiger partial charge in [-0.25, -0.2) is 0 Å². The largest absolute Gasteiger partial charge is 0.296 e. The lowest BCUT2D eigenvalue weighted by Gasteiger charge is -2.43. The predicted molar refractivity (Wildman–Crippen MR) is 79.5 cm³/mol. The second-order valence-electron chi connectivity index (χ2n) is 5.36. The van der Waals surface area contributed by atoms with Crippen LogP contribution in [0.5, 0.6) is 0 Å². The molecule has 4 nitrogen and oxygen atoms in total. The number of halogens is 1. The van der Waals surface area contributed by atoms with Gasteiger partial charge in [-0.2, -0.15) is 5.10 Å². The molecule has 0 aromatic carbocycles. The van der Waals surface area contributed by atoms with E-state index < -0.39 is 0 Å². The van der Waals surface area contributed by atoms with Crippen molar-refractivity contribution in [1.29, 1.82) is 0 Å². The van der Waals surface area contributed by atoms with Crippen LogP contribution in [0.25, 0.3) is 0 Å². The second-order valence-corrected chi connectivity index (χ2v) is 5.79. The summed E-state index contributed by atoms with van der Waals surface area (Å²) in [5, 5.41) is 4.93. The highest BCUT2D eigenvalue weighted by Crippen LogP contribution is 2.15. The summed E-state index contributed by atoms with van der Waals surface area (Å²) in [5.74, 6) is 0. The Kier molecular flexibility index (Phi) is 5.02. The summed E-state index contributed by atoms with van der Waals surface area (Å²) in [5.41, 5.74) is 0. The zero-order valence-electron chi connectivity index (χ0n) is 11.8. The highest BCUT2D eigenvalue weighted by atomic mass is 35.5. The molecule has 2 atom stereocenters. The van der Waals surface area contributed by atoms with Crippen LogP contribution in [-0.2, 0) is 6.54 Å². The van der Waals surface area contributed by atoms with Crippen molar-refractivity contribution in [2.75, 3.05) is 26.2 Å². The summed E-state index contributed by atoms with van der Waals surface area (Å²) in [4.78, 5) is 5.01. The Morgan fingerprint density at radius 3 is 2.63 bits per heavy atom. The Labute approximate surface area is 120 Å². The minimum Gasteiger partial charge on any atom is -0.296 e. The molecule has 1 saturated heterocycles. The molecule has 19 heavy (non-hydrogen) atoms. The highest BCUT2D eigenvalue weighted by molar-refractivity contribution is 6.30. The van der Waals surface area contributed by atoms with Crippen molar-refractivity contribution >= 4 is 11.6 Å². The van der Waals surface area contributed by atoms with E-state index in [0.29, 0.717) is 17.1 Å². The van der Waals surface area contributed by atoms with Gasteiger partial charge in [-0.3, -0.25) is 14.5 Å². The van der Waals surface area contributed by atoms with E-state index in [0.717, 1.165) is 32.7 Å². The molecule has 1 aliphatic heterocycles. The number of hydrogen-bond acceptors (Lipinski definition) is 3. The van der Waals surface area contributed by atoms with Crippen molar-refractivity contribution in [3.8, 4) is 0 Å². The normalized spacial score (nSPS) is 25.6. The highest BCUT2D eigenvalue weighted by Gasteiger charge is 2.27. The van der Waals surface area contributed by atoms with Crippen molar-refractivity contribution in [2.24, 2.45) is 0 Å². The number of piperazine rings is 1. The van der Waals surface area contributed by atoms with E-state index >= 15 is 0 Å². The first-order valence-electron chi connectivity index (χ1n) is 6.87. The third kappa shape index (κ3) is 3.81. The van der Waals surface area contributed by atoms with Gasteiger partial charge in [0.2, 0.25) is 0 Å². The molecule has 0 saturated carbocycles. The van der Waals surface area contributed by atoms with E-state index in [2.05, 4.69) is 35.3 Å². The molecule has 2 heterocycles. The summed E-state index contributed by atoms with van der Waals surface area (Å²) in [6.45, 7) is 13.5. The molecule has 1 aromatic heterocycles. The Morgan fingerprint density at radius 2 is 2.00 bits per heavy atom. The van der Waals surface area contributed by atoms with Gasteiger partial charge in [0.05, 0.1) is 17.8 Å². The van der Waals surface area contributed by atoms with Gasteiger partial charge in [0.25, 0.3) is 0 Å². The molecule has 2 rings (SSSR count). The van der Waals surface area contributed by atoms with Crippen molar-refractivity contribution in [3.05, 3.63) is 30.1 Å². The van der Waals surface area contributed by atoms with Gasteiger partial charge in [-0.05, 0) is 13.8 Å². The Morgan fingerprint density at radius 1 is 1.32 bits per heavy atom. The number of aromatic nitrogens is 2. The molecule has 0 spiro atoms. The average Bonchev–Trinajstić information content (AvgIpc) is 2.78. The van der Waals surface area contributed by atoms with Gasteiger partial charge in [0, 0.05) is 44.5 Å². The molecule has 0 unspecified atom stereocenters. The van der Waals surface area contributed by atoms with Gasteiger partial charge >= 0.3 is 0 Å². The van der Waals surface area contributed by atoms with Crippen LogP contribution >= 0.6 is 11.6 Å². The fourth-order valence-electron chi connectivity index (χ4n) is 2.69. The number of nitrogens with zero attached hydrogens (tertiary/aromatic N) is 4. The molecular formula is C14H23ClN4. The summed E-state index contributed by atoms with van der Waals surface area (Å²) < 4.78 is 1.91. The van der Waals surface area contributed by atoms with Crippen LogP contribution in [0, 0.1) is 0 Å². The monoisotopic (exact) mass is 282 g/mol. The zero-order chi connectivity index (χ0) is 13.8. The molecule has 1 aromatic rings. The molecular weight excluding hydrogens is 260 g/mol. The molecule has 1 aliphatic rings. The average molecular weight is 283 g/mol. The second kappa shape index (κ2) is 6.55. The number of rotatable bonds is 5. The first kappa shape index (κ1) is 14.6. The molecule has 5 heteroatoms. The fraction of sp³-hybridized carbons (Fsp3) is 0.643. The van der Waals surface area contributed by atoms with Crippen LogP contribution in [0.4, 0.5) is 0 Å². The van der Waals surface area contributed by atoms with Gasteiger partial charge < -0.3 is 0 Å². The maximum Gasteiger partial charge on any atom is 0.0785 e. The summed E-state index contributed by atoms with van der Waals surface area (Å²) in [6.07, 6.45) is 5.56. The van der Waals surface area contributed by atoms with E-state index in [1.807, 2.05) is 17.0 Å². The van der Waals surface area contributed by atoms with Crippen LogP contribution in [0.3, 0.4) is 0 Å². The molecule has 0 aliphatic carbocycles. The fourth-order valence-corrected chi connectivity index (χ4v) is 2.85. The SMILES string of the molecule is C=CCN1C[C@H](C)N(CCn2cc(Cl)cn2)C[C@@H]1C. The van der Waals surface area contributed by atoms with Gasteiger partial charge in [-0.1, -0.05) is 17.7 Å². The minimum atomic E-state index is 0.571. The van der Waals surface area contributed by atoms with Gasteiger partial charge in [-0.15, -0.1) is 6.58 Å². The lowest BCUT2D eigenvalue weighted by molar-refractivity contribution is 0.0476. The topological polar surface area (TPSA) is 24.3 Å². The van der Waals surface area contributed by atoms with E-state index in [9.17, 15) is 0 Å². The van der Waals surface area contributed by atoms with Crippen molar-refractivity contribution in [2.45, 2.75) is 32.5 Å². The van der Waals surface area contributed by atoms with Crippen molar-refractivity contribution < 1.29 is 0 Å². The third-order valence-electron chi connectivity index (χ3n) is 3.83. The number of hydrogen-bond donors (Lipinski definition) is 0. The summed E-state index contributed by atoms with van der Waals surface area (Å²) in [7, 11) is 0. The Hall–Kier alpha value is -0.840. The predicted octanol–water partition coefficient (Wildman–Crippen LogP) is 2.12. The van der Waals surface area contributed by atoms with Gasteiger partial charge in [0.15, 0.2) is 0 Å². The van der Waals surface area contributed by atoms with E-state index in [1.165, 1.54) is 0 Å². The summed E-state index contributed by atoms with van der Waals surface area (Å²) >= 11 is 5.87. The Bertz CT molecular complexity index is 417. The third-order valence-corrected chi connectivity index (χ3v) is 4.02. The van der Waals surface area contributed by atoms with Crippen molar-refractivity contribution in [1.82, 2.24) is 19.6 Å². The lowest BCUT2D eigenvalue weighted by atomic mass is 10.1. The van der Waals surface area contributed by atoms with Crippen molar-refractivity contribution in [3.63, 3.8) is 0 Å². The molecule has 0 radical (unpaired) electrons. The molecule has 0 N–H and O–H groups in total. The van der Waals surface area contributed by atoms with E-state index in [1.54, 1.807) is 6.20 Å². The van der Waals surface area contributed by atoms with Crippen LogP contribution in [-0.4, -0.2) is 57.8 Å². The Balaban J connectivity index is 1.86. The maximum absolute atomic E-state index is 5.87. The van der Waals surface area contributed by atoms with Crippen LogP contribution < -0.4 is 0 Å². The van der Waals surface area contributed by atoms with E-state index in [-0.39, 0.29) is 0 Å². The zero-order valence-corrected chi connectivity index (χ0v) is 12.6. The minimum absolute atomic E-state index is 0.571. The molecule has 1 fully saturated rings. The van der Waals surface area contributed by atoms with E-state index in [4.69, 9.17) is 11.6 Å². The van der Waals surface area contributed by atoms with Crippen LogP contribution in [0.15, 0.2) is 25.0 Å². The molecule has 0 amide bonds. The standard InChI is InChI=1S/C14H23ClN4/c1-4-5-17-9-13(3)18(10-12(17)2)6-7-19-11-14(15)8-16-19/h4,8,11-13H,1,5-7,9-10H2,2-3H3/t12-,13-/m0/s1. The smallest absolute Gasteiger partial charge is 0.0785 e. The quantitative estimate of drug-likeness (QED) is 0.773.